The zero-order valence-corrected chi connectivity index (χ0v) is 17.4. The number of aryl methyl sites for hydroxylation is 2. The van der Waals surface area contributed by atoms with E-state index in [0.717, 1.165) is 18.7 Å². The van der Waals surface area contributed by atoms with Crippen molar-refractivity contribution in [1.82, 2.24) is 14.1 Å². The zero-order valence-electron chi connectivity index (χ0n) is 17.4. The molecule has 0 spiro atoms. The molecule has 0 bridgehead atoms. The van der Waals surface area contributed by atoms with Gasteiger partial charge < -0.3 is 24.3 Å². The van der Waals surface area contributed by atoms with E-state index in [1.165, 1.54) is 0 Å². The van der Waals surface area contributed by atoms with Crippen LogP contribution in [0.15, 0.2) is 65.3 Å². The van der Waals surface area contributed by atoms with Crippen molar-refractivity contribution in [2.75, 3.05) is 7.11 Å². The normalized spacial score (nSPS) is 15.2. The molecule has 1 atom stereocenters. The molecule has 0 aliphatic carbocycles. The SMILES string of the molecule is COc1ccccc1[C@@H]1C(C#N)=C(N)Oc2cc(C)n(CCCn3ccnc3)c(=O)c21. The summed E-state index contributed by atoms with van der Waals surface area (Å²) in [6.07, 6.45) is 6.12. The maximum atomic E-state index is 13.6. The van der Waals surface area contributed by atoms with Crippen molar-refractivity contribution in [2.45, 2.75) is 32.4 Å². The van der Waals surface area contributed by atoms with Gasteiger partial charge in [-0.3, -0.25) is 4.79 Å². The highest BCUT2D eigenvalue weighted by atomic mass is 16.5. The fourth-order valence-corrected chi connectivity index (χ4v) is 4.01. The van der Waals surface area contributed by atoms with Gasteiger partial charge in [0.25, 0.3) is 5.56 Å². The average Bonchev–Trinajstić information content (AvgIpc) is 3.28. The number of rotatable bonds is 6. The Balaban J connectivity index is 1.81. The van der Waals surface area contributed by atoms with E-state index in [9.17, 15) is 10.1 Å². The second-order valence-electron chi connectivity index (χ2n) is 7.34. The summed E-state index contributed by atoms with van der Waals surface area (Å²) in [6.45, 7) is 3.13. The number of fused-ring (bicyclic) bond motifs is 1. The van der Waals surface area contributed by atoms with E-state index in [1.54, 1.807) is 36.3 Å². The van der Waals surface area contributed by atoms with Crippen LogP contribution in [0.4, 0.5) is 0 Å². The molecule has 1 aliphatic rings. The number of allylic oxidation sites excluding steroid dienone is 1. The molecule has 0 saturated heterocycles. The summed E-state index contributed by atoms with van der Waals surface area (Å²) in [4.78, 5) is 17.7. The molecule has 2 aromatic heterocycles. The van der Waals surface area contributed by atoms with Crippen molar-refractivity contribution in [2.24, 2.45) is 5.73 Å². The monoisotopic (exact) mass is 417 g/mol. The molecule has 8 heteroatoms. The summed E-state index contributed by atoms with van der Waals surface area (Å²) in [6, 6.07) is 11.3. The molecule has 3 aromatic rings. The van der Waals surface area contributed by atoms with Crippen molar-refractivity contribution in [1.29, 1.82) is 5.26 Å². The van der Waals surface area contributed by atoms with Gasteiger partial charge in [0.2, 0.25) is 5.88 Å². The van der Waals surface area contributed by atoms with Crippen LogP contribution in [0.3, 0.4) is 0 Å². The molecule has 0 unspecified atom stereocenters. The average molecular weight is 417 g/mol. The Morgan fingerprint density at radius 3 is 2.84 bits per heavy atom. The molecule has 3 heterocycles. The standard InChI is InChI=1S/C23H23N5O3/c1-15-12-19-21(23(29)28(15)10-5-9-27-11-8-26-14-27)20(17(13-24)22(25)31-19)16-6-3-4-7-18(16)30-2/h3-4,6-8,11-12,14,20H,5,9-10,25H2,1-2H3/t20-/m1/s1. The lowest BCUT2D eigenvalue weighted by Crippen LogP contribution is -2.33. The largest absolute Gasteiger partial charge is 0.496 e. The van der Waals surface area contributed by atoms with E-state index in [1.807, 2.05) is 35.9 Å². The second kappa shape index (κ2) is 8.40. The number of hydrogen-bond donors (Lipinski definition) is 1. The molecular weight excluding hydrogens is 394 g/mol. The maximum Gasteiger partial charge on any atom is 0.258 e. The summed E-state index contributed by atoms with van der Waals surface area (Å²) >= 11 is 0. The van der Waals surface area contributed by atoms with Crippen LogP contribution < -0.4 is 20.8 Å². The molecule has 1 aliphatic heterocycles. The number of pyridine rings is 1. The van der Waals surface area contributed by atoms with Crippen LogP contribution >= 0.6 is 0 Å². The highest BCUT2D eigenvalue weighted by Crippen LogP contribution is 2.43. The number of ether oxygens (including phenoxy) is 2. The van der Waals surface area contributed by atoms with Crippen molar-refractivity contribution >= 4 is 0 Å². The van der Waals surface area contributed by atoms with Crippen LogP contribution in [0, 0.1) is 18.3 Å². The third-order valence-corrected chi connectivity index (χ3v) is 5.50. The minimum Gasteiger partial charge on any atom is -0.496 e. The highest BCUT2D eigenvalue weighted by Gasteiger charge is 2.35. The Labute approximate surface area is 179 Å². The first kappa shape index (κ1) is 20.3. The number of imidazole rings is 1. The third kappa shape index (κ3) is 3.66. The van der Waals surface area contributed by atoms with Crippen LogP contribution in [0.1, 0.15) is 29.2 Å². The fraction of sp³-hybridized carbons (Fsp3) is 0.261. The van der Waals surface area contributed by atoms with E-state index >= 15 is 0 Å². The van der Waals surface area contributed by atoms with Crippen LogP contribution in [0.5, 0.6) is 11.5 Å². The molecule has 0 amide bonds. The smallest absolute Gasteiger partial charge is 0.258 e. The number of hydrogen-bond acceptors (Lipinski definition) is 6. The first-order valence-corrected chi connectivity index (χ1v) is 9.95. The van der Waals surface area contributed by atoms with Crippen LogP contribution in [-0.2, 0) is 13.1 Å². The second-order valence-corrected chi connectivity index (χ2v) is 7.34. The summed E-state index contributed by atoms with van der Waals surface area (Å²) in [5.74, 6) is 0.286. The lowest BCUT2D eigenvalue weighted by molar-refractivity contribution is 0.381. The Morgan fingerprint density at radius 1 is 1.32 bits per heavy atom. The van der Waals surface area contributed by atoms with Gasteiger partial charge in [-0.2, -0.15) is 5.26 Å². The molecule has 0 fully saturated rings. The van der Waals surface area contributed by atoms with E-state index in [2.05, 4.69) is 11.1 Å². The van der Waals surface area contributed by atoms with Crippen molar-refractivity contribution in [3.05, 3.63) is 87.7 Å². The van der Waals surface area contributed by atoms with Gasteiger partial charge in [-0.05, 0) is 19.4 Å². The molecule has 2 N–H and O–H groups in total. The molecular formula is C23H23N5O3. The summed E-state index contributed by atoms with van der Waals surface area (Å²) < 4.78 is 14.9. The minimum atomic E-state index is -0.669. The van der Waals surface area contributed by atoms with E-state index in [-0.39, 0.29) is 17.0 Å². The fourth-order valence-electron chi connectivity index (χ4n) is 4.01. The predicted molar refractivity (Wildman–Crippen MR) is 115 cm³/mol. The zero-order chi connectivity index (χ0) is 22.0. The molecule has 1 aromatic carbocycles. The Kier molecular flexibility index (Phi) is 5.50. The quantitative estimate of drug-likeness (QED) is 0.661. The van der Waals surface area contributed by atoms with Crippen molar-refractivity contribution < 1.29 is 9.47 Å². The van der Waals surface area contributed by atoms with Crippen molar-refractivity contribution in [3.8, 4) is 17.6 Å². The van der Waals surface area contributed by atoms with Gasteiger partial charge >= 0.3 is 0 Å². The van der Waals surface area contributed by atoms with Gasteiger partial charge in [-0.25, -0.2) is 4.98 Å². The summed E-state index contributed by atoms with van der Waals surface area (Å²) in [5.41, 5.74) is 7.92. The van der Waals surface area contributed by atoms with Gasteiger partial charge in [0.1, 0.15) is 23.1 Å². The number of nitrogens with zero attached hydrogens (tertiary/aromatic N) is 4. The topological polar surface area (TPSA) is 108 Å². The van der Waals surface area contributed by atoms with Gasteiger partial charge in [0.15, 0.2) is 0 Å². The maximum absolute atomic E-state index is 13.6. The Hall–Kier alpha value is -3.99. The van der Waals surface area contributed by atoms with Gasteiger partial charge in [-0.15, -0.1) is 0 Å². The number of para-hydroxylation sites is 1. The van der Waals surface area contributed by atoms with Gasteiger partial charge in [-0.1, -0.05) is 18.2 Å². The molecule has 0 saturated carbocycles. The lowest BCUT2D eigenvalue weighted by atomic mass is 9.83. The molecule has 31 heavy (non-hydrogen) atoms. The summed E-state index contributed by atoms with van der Waals surface area (Å²) in [7, 11) is 1.56. The van der Waals surface area contributed by atoms with E-state index < -0.39 is 5.92 Å². The number of aromatic nitrogens is 3. The highest BCUT2D eigenvalue weighted by molar-refractivity contribution is 5.58. The van der Waals surface area contributed by atoms with Crippen LogP contribution in [-0.4, -0.2) is 21.2 Å². The first-order valence-electron chi connectivity index (χ1n) is 9.95. The predicted octanol–water partition coefficient (Wildman–Crippen LogP) is 2.67. The van der Waals surface area contributed by atoms with Gasteiger partial charge in [0, 0.05) is 42.8 Å². The molecule has 4 rings (SSSR count). The Morgan fingerprint density at radius 2 is 2.13 bits per heavy atom. The number of nitriles is 1. The molecule has 8 nitrogen and oxygen atoms in total. The molecule has 0 radical (unpaired) electrons. The number of benzene rings is 1. The first-order chi connectivity index (χ1) is 15.0. The lowest BCUT2D eigenvalue weighted by Gasteiger charge is -2.28. The van der Waals surface area contributed by atoms with Crippen LogP contribution in [0.2, 0.25) is 0 Å². The number of methoxy groups -OCH3 is 1. The summed E-state index contributed by atoms with van der Waals surface area (Å²) in [5, 5.41) is 9.82. The van der Waals surface area contributed by atoms with E-state index in [0.29, 0.717) is 29.2 Å². The van der Waals surface area contributed by atoms with E-state index in [4.69, 9.17) is 15.2 Å². The minimum absolute atomic E-state index is 0.00237. The number of nitrogens with two attached hydrogens (primary N) is 1. The van der Waals surface area contributed by atoms with Crippen molar-refractivity contribution in [3.63, 3.8) is 0 Å². The van der Waals surface area contributed by atoms with Gasteiger partial charge in [0.05, 0.1) is 24.9 Å². The third-order valence-electron chi connectivity index (χ3n) is 5.50. The van der Waals surface area contributed by atoms with Crippen LogP contribution in [0.25, 0.3) is 0 Å². The Bertz CT molecular complexity index is 1240. The molecule has 158 valence electrons.